The molecular formula is C45H85NO8P+. The van der Waals surface area contributed by atoms with E-state index >= 15 is 0 Å². The Hall–Kier alpha value is -1.77. The Morgan fingerprint density at radius 3 is 1.51 bits per heavy atom. The lowest BCUT2D eigenvalue weighted by atomic mass is 10.1. The van der Waals surface area contributed by atoms with Crippen LogP contribution in [0.25, 0.3) is 0 Å². The minimum atomic E-state index is -4.38. The van der Waals surface area contributed by atoms with Crippen LogP contribution in [0.1, 0.15) is 187 Å². The predicted molar refractivity (Wildman–Crippen MR) is 229 cm³/mol. The first kappa shape index (κ1) is 53.2. The van der Waals surface area contributed by atoms with Crippen LogP contribution in [0.3, 0.4) is 0 Å². The first-order valence-corrected chi connectivity index (χ1v) is 23.7. The molecule has 0 amide bonds. The van der Waals surface area contributed by atoms with Crippen LogP contribution in [-0.4, -0.2) is 74.9 Å². The molecule has 10 heteroatoms. The molecule has 322 valence electrons. The Morgan fingerprint density at radius 2 is 1.00 bits per heavy atom. The highest BCUT2D eigenvalue weighted by Crippen LogP contribution is 2.43. The number of allylic oxidation sites excluding steroid dienone is 6. The van der Waals surface area contributed by atoms with Gasteiger partial charge in [0.2, 0.25) is 0 Å². The molecule has 0 saturated heterocycles. The summed E-state index contributed by atoms with van der Waals surface area (Å²) in [5, 5.41) is 0. The van der Waals surface area contributed by atoms with Gasteiger partial charge in [0.1, 0.15) is 19.8 Å². The van der Waals surface area contributed by atoms with E-state index in [0.29, 0.717) is 17.4 Å². The van der Waals surface area contributed by atoms with E-state index in [1.807, 2.05) is 21.1 Å². The second-order valence-electron chi connectivity index (χ2n) is 16.1. The number of ether oxygens (including phenoxy) is 2. The number of rotatable bonds is 40. The topological polar surface area (TPSA) is 108 Å². The monoisotopic (exact) mass is 799 g/mol. The van der Waals surface area contributed by atoms with E-state index in [0.717, 1.165) is 64.2 Å². The summed E-state index contributed by atoms with van der Waals surface area (Å²) in [5.41, 5.74) is 0. The Labute approximate surface area is 338 Å². The van der Waals surface area contributed by atoms with Crippen LogP contribution in [0.2, 0.25) is 0 Å². The van der Waals surface area contributed by atoms with Crippen LogP contribution in [0.15, 0.2) is 36.5 Å². The number of carbonyl (C=O) groups is 2. The van der Waals surface area contributed by atoms with Crippen LogP contribution < -0.4 is 0 Å². The van der Waals surface area contributed by atoms with Gasteiger partial charge in [-0.3, -0.25) is 18.6 Å². The fourth-order valence-corrected chi connectivity index (χ4v) is 6.59. The number of carbonyl (C=O) groups excluding carboxylic acids is 2. The molecule has 0 saturated carbocycles. The second kappa shape index (κ2) is 37.8. The van der Waals surface area contributed by atoms with E-state index in [-0.39, 0.29) is 32.0 Å². The predicted octanol–water partition coefficient (Wildman–Crippen LogP) is 12.5. The van der Waals surface area contributed by atoms with Gasteiger partial charge in [0, 0.05) is 12.8 Å². The molecule has 2 unspecified atom stereocenters. The largest absolute Gasteiger partial charge is 0.472 e. The molecule has 0 aromatic carbocycles. The maximum Gasteiger partial charge on any atom is 0.472 e. The van der Waals surface area contributed by atoms with Crippen LogP contribution in [0, 0.1) is 0 Å². The zero-order valence-corrected chi connectivity index (χ0v) is 37.1. The molecule has 0 aromatic rings. The first-order valence-electron chi connectivity index (χ1n) is 22.2. The molecule has 0 heterocycles. The van der Waals surface area contributed by atoms with Gasteiger partial charge in [0.25, 0.3) is 0 Å². The number of phosphoric ester groups is 1. The Kier molecular flexibility index (Phi) is 36.6. The molecule has 55 heavy (non-hydrogen) atoms. The van der Waals surface area contributed by atoms with Crippen LogP contribution in [0.4, 0.5) is 0 Å². The van der Waals surface area contributed by atoms with Gasteiger partial charge in [0.05, 0.1) is 27.7 Å². The van der Waals surface area contributed by atoms with E-state index in [1.165, 1.54) is 89.9 Å². The molecule has 1 N–H and O–H groups in total. The fourth-order valence-electron chi connectivity index (χ4n) is 5.85. The molecule has 0 spiro atoms. The molecule has 0 aliphatic carbocycles. The van der Waals surface area contributed by atoms with Gasteiger partial charge >= 0.3 is 19.8 Å². The number of esters is 2. The van der Waals surface area contributed by atoms with Crippen molar-refractivity contribution in [3.05, 3.63) is 36.5 Å². The van der Waals surface area contributed by atoms with Crippen molar-refractivity contribution in [1.82, 2.24) is 0 Å². The van der Waals surface area contributed by atoms with E-state index in [9.17, 15) is 19.0 Å². The summed E-state index contributed by atoms with van der Waals surface area (Å²) in [6, 6.07) is 0. The summed E-state index contributed by atoms with van der Waals surface area (Å²) in [6.45, 7) is 4.36. The third-order valence-electron chi connectivity index (χ3n) is 9.39. The molecular weight excluding hydrogens is 713 g/mol. The second-order valence-corrected chi connectivity index (χ2v) is 17.5. The average Bonchev–Trinajstić information content (AvgIpc) is 3.13. The Morgan fingerprint density at radius 1 is 0.564 bits per heavy atom. The summed E-state index contributed by atoms with van der Waals surface area (Å²) >= 11 is 0. The highest BCUT2D eigenvalue weighted by Gasteiger charge is 2.27. The van der Waals surface area contributed by atoms with Crippen molar-refractivity contribution in [2.24, 2.45) is 0 Å². The fraction of sp³-hybridized carbons (Fsp3) is 0.822. The number of phosphoric acid groups is 1. The van der Waals surface area contributed by atoms with Gasteiger partial charge < -0.3 is 18.9 Å². The first-order chi connectivity index (χ1) is 26.5. The van der Waals surface area contributed by atoms with Gasteiger partial charge in [-0.05, 0) is 64.2 Å². The van der Waals surface area contributed by atoms with Crippen molar-refractivity contribution in [2.45, 2.75) is 193 Å². The Balaban J connectivity index is 4.36. The quantitative estimate of drug-likeness (QED) is 0.0215. The summed E-state index contributed by atoms with van der Waals surface area (Å²) in [6.07, 6.45) is 41.8. The highest BCUT2D eigenvalue weighted by molar-refractivity contribution is 7.47. The zero-order valence-electron chi connectivity index (χ0n) is 36.2. The maximum absolute atomic E-state index is 12.7. The van der Waals surface area contributed by atoms with E-state index in [2.05, 4.69) is 50.3 Å². The van der Waals surface area contributed by atoms with Gasteiger partial charge in [-0.15, -0.1) is 0 Å². The van der Waals surface area contributed by atoms with Crippen molar-refractivity contribution >= 4 is 19.8 Å². The lowest BCUT2D eigenvalue weighted by Gasteiger charge is -2.24. The summed E-state index contributed by atoms with van der Waals surface area (Å²) in [4.78, 5) is 35.3. The van der Waals surface area contributed by atoms with Gasteiger partial charge in [-0.2, -0.15) is 0 Å². The van der Waals surface area contributed by atoms with Gasteiger partial charge in [-0.25, -0.2) is 4.57 Å². The third kappa shape index (κ3) is 41.7. The molecule has 0 bridgehead atoms. The lowest BCUT2D eigenvalue weighted by molar-refractivity contribution is -0.870. The molecule has 0 aromatic heterocycles. The number of nitrogens with zero attached hydrogens (tertiary/aromatic N) is 1. The van der Waals surface area contributed by atoms with Crippen molar-refractivity contribution in [3.63, 3.8) is 0 Å². The molecule has 0 aliphatic rings. The summed E-state index contributed by atoms with van der Waals surface area (Å²) in [5.74, 6) is -0.819. The van der Waals surface area contributed by atoms with Crippen LogP contribution in [0.5, 0.6) is 0 Å². The van der Waals surface area contributed by atoms with Gasteiger partial charge in [0.15, 0.2) is 6.10 Å². The van der Waals surface area contributed by atoms with Gasteiger partial charge in [-0.1, -0.05) is 147 Å². The molecule has 0 fully saturated rings. The number of quaternary nitrogens is 1. The number of unbranched alkanes of at least 4 members (excludes halogenated alkanes) is 20. The molecule has 0 radical (unpaired) electrons. The molecule has 2 atom stereocenters. The van der Waals surface area contributed by atoms with E-state index < -0.39 is 26.5 Å². The van der Waals surface area contributed by atoms with Crippen LogP contribution in [-0.2, 0) is 32.7 Å². The van der Waals surface area contributed by atoms with Crippen LogP contribution >= 0.6 is 7.82 Å². The molecule has 0 aliphatic heterocycles. The van der Waals surface area contributed by atoms with Crippen molar-refractivity contribution in [2.75, 3.05) is 47.5 Å². The summed E-state index contributed by atoms with van der Waals surface area (Å²) < 4.78 is 34.3. The summed E-state index contributed by atoms with van der Waals surface area (Å²) in [7, 11) is 1.46. The third-order valence-corrected chi connectivity index (χ3v) is 10.4. The van der Waals surface area contributed by atoms with Crippen molar-refractivity contribution in [3.8, 4) is 0 Å². The number of hydrogen-bond donors (Lipinski definition) is 1. The smallest absolute Gasteiger partial charge is 0.462 e. The minimum Gasteiger partial charge on any atom is -0.462 e. The number of likely N-dealkylation sites (N-methyl/N-ethyl adjacent to an activating group) is 1. The standard InChI is InChI=1S/C45H84NO8P/c1-6-8-10-12-14-16-18-20-22-23-24-26-27-29-31-33-35-37-44(47)51-41-43(42-53-55(49,50)52-40-39-46(3,4)5)54-45(48)38-36-34-32-30-28-25-21-19-17-15-13-11-9-7-2/h13,15,19-22,43H,6-12,14,16-18,23-42H2,1-5H3/p+1/b15-13-,21-19-,22-20-. The SMILES string of the molecule is CCCC/C=C\C/C=C\CCCCCCCC(=O)OC(COC(=O)CCCCCCCCC/C=C\CCCCCCCC)COP(=O)(O)OCC[N+](C)(C)C. The molecule has 0 rings (SSSR count). The van der Waals surface area contributed by atoms with Crippen molar-refractivity contribution < 1.29 is 42.1 Å². The Bertz CT molecular complexity index is 1040. The number of hydrogen-bond acceptors (Lipinski definition) is 7. The zero-order chi connectivity index (χ0) is 40.7. The average molecular weight is 799 g/mol. The molecule has 9 nitrogen and oxygen atoms in total. The lowest BCUT2D eigenvalue weighted by Crippen LogP contribution is -2.37. The maximum atomic E-state index is 12.7. The minimum absolute atomic E-state index is 0.0280. The highest BCUT2D eigenvalue weighted by atomic mass is 31.2. The normalized spacial score (nSPS) is 13.9. The van der Waals surface area contributed by atoms with Crippen molar-refractivity contribution in [1.29, 1.82) is 0 Å². The van der Waals surface area contributed by atoms with E-state index in [1.54, 1.807) is 0 Å². The van der Waals surface area contributed by atoms with E-state index in [4.69, 9.17) is 18.5 Å².